The number of imide groups is 1. The predicted molar refractivity (Wildman–Crippen MR) is 107 cm³/mol. The molecule has 27 heavy (non-hydrogen) atoms. The molecule has 2 N–H and O–H groups in total. The van der Waals surface area contributed by atoms with Gasteiger partial charge in [-0.05, 0) is 54.8 Å². The Balaban J connectivity index is 1.71. The number of rotatable bonds is 4. The quantitative estimate of drug-likeness (QED) is 0.636. The third kappa shape index (κ3) is 3.48. The average molecular weight is 399 g/mol. The van der Waals surface area contributed by atoms with Crippen molar-refractivity contribution in [1.82, 2.24) is 20.5 Å². The van der Waals surface area contributed by atoms with E-state index >= 15 is 0 Å². The molecule has 1 fully saturated rings. The van der Waals surface area contributed by atoms with E-state index in [1.807, 2.05) is 31.3 Å². The number of benzene rings is 1. The lowest BCUT2D eigenvalue weighted by molar-refractivity contribution is -0.115. The van der Waals surface area contributed by atoms with Crippen molar-refractivity contribution < 1.29 is 9.59 Å². The van der Waals surface area contributed by atoms with E-state index in [0.717, 1.165) is 45.0 Å². The first-order chi connectivity index (χ1) is 13.0. The molecule has 0 aliphatic carbocycles. The summed E-state index contributed by atoms with van der Waals surface area (Å²) in [5.41, 5.74) is 4.66. The Morgan fingerprint density at radius 1 is 1.30 bits per heavy atom. The summed E-state index contributed by atoms with van der Waals surface area (Å²) < 4.78 is 0. The Bertz CT molecular complexity index is 1090. The fourth-order valence-electron chi connectivity index (χ4n) is 3.03. The molecule has 0 spiro atoms. The molecule has 0 atom stereocenters. The van der Waals surface area contributed by atoms with Gasteiger partial charge in [-0.3, -0.25) is 25.0 Å². The molecule has 2 aromatic heterocycles. The van der Waals surface area contributed by atoms with Crippen molar-refractivity contribution in [3.8, 4) is 11.1 Å². The van der Waals surface area contributed by atoms with Crippen molar-refractivity contribution in [3.05, 3.63) is 57.9 Å². The first-order valence-electron chi connectivity index (χ1n) is 8.34. The normalized spacial score (nSPS) is 15.7. The highest BCUT2D eigenvalue weighted by atomic mass is 35.5. The molecule has 6 nitrogen and oxygen atoms in total. The Kier molecular flexibility index (Phi) is 4.72. The van der Waals surface area contributed by atoms with E-state index in [-0.39, 0.29) is 11.1 Å². The van der Waals surface area contributed by atoms with Gasteiger partial charge in [0, 0.05) is 27.9 Å². The summed E-state index contributed by atoms with van der Waals surface area (Å²) in [5.74, 6) is -0.335. The summed E-state index contributed by atoms with van der Waals surface area (Å²) in [4.78, 5) is 28.1. The molecule has 1 saturated heterocycles. The predicted octanol–water partition coefficient (Wildman–Crippen LogP) is 4.39. The van der Waals surface area contributed by atoms with Crippen molar-refractivity contribution in [1.29, 1.82) is 0 Å². The molecule has 1 aromatic carbocycles. The van der Waals surface area contributed by atoms with Crippen LogP contribution in [0, 0.1) is 6.92 Å². The summed E-state index contributed by atoms with van der Waals surface area (Å²) >= 11 is 7.22. The molecule has 1 aliphatic heterocycles. The van der Waals surface area contributed by atoms with Gasteiger partial charge in [-0.1, -0.05) is 23.7 Å². The van der Waals surface area contributed by atoms with Gasteiger partial charge >= 0.3 is 0 Å². The molecule has 2 amide bonds. The van der Waals surface area contributed by atoms with Crippen LogP contribution in [-0.2, 0) is 11.2 Å². The van der Waals surface area contributed by atoms with Crippen LogP contribution >= 0.6 is 23.4 Å². The number of aromatic amines is 1. The maximum Gasteiger partial charge on any atom is 0.290 e. The highest BCUT2D eigenvalue weighted by molar-refractivity contribution is 8.18. The lowest BCUT2D eigenvalue weighted by Crippen LogP contribution is -2.17. The van der Waals surface area contributed by atoms with E-state index in [9.17, 15) is 9.59 Å². The van der Waals surface area contributed by atoms with E-state index in [1.54, 1.807) is 12.3 Å². The number of carbonyl (C=O) groups is 2. The molecule has 4 rings (SSSR count). The summed E-state index contributed by atoms with van der Waals surface area (Å²) in [6.45, 7) is 1.95. The van der Waals surface area contributed by atoms with Crippen LogP contribution in [0.5, 0.6) is 0 Å². The number of H-pyrrole nitrogens is 1. The van der Waals surface area contributed by atoms with Crippen LogP contribution in [0.3, 0.4) is 0 Å². The largest absolute Gasteiger partial charge is 0.290 e. The van der Waals surface area contributed by atoms with Crippen LogP contribution < -0.4 is 5.32 Å². The molecule has 0 unspecified atom stereocenters. The second-order valence-electron chi connectivity index (χ2n) is 6.17. The van der Waals surface area contributed by atoms with Gasteiger partial charge in [0.1, 0.15) is 0 Å². The number of halogens is 1. The monoisotopic (exact) mass is 398 g/mol. The molecular formula is C19H15ClN4O2S. The van der Waals surface area contributed by atoms with Gasteiger partial charge in [0.15, 0.2) is 0 Å². The number of nitrogens with zero attached hydrogens (tertiary/aromatic N) is 2. The number of aromatic nitrogens is 3. The number of aryl methyl sites for hydroxylation is 2. The molecule has 1 aliphatic rings. The topological polar surface area (TPSA) is 87.7 Å². The Morgan fingerprint density at radius 3 is 2.85 bits per heavy atom. The molecule has 136 valence electrons. The van der Waals surface area contributed by atoms with Crippen molar-refractivity contribution in [3.63, 3.8) is 0 Å². The first kappa shape index (κ1) is 17.8. The molecule has 3 aromatic rings. The van der Waals surface area contributed by atoms with Gasteiger partial charge < -0.3 is 0 Å². The SMILES string of the molecule is Cc1c(Cl)ccc2c(-c3cn[nH]c3)cc(CC/C=C3/SC(=O)NC3=O)nc12. The van der Waals surface area contributed by atoms with Crippen molar-refractivity contribution in [2.24, 2.45) is 0 Å². The number of thioether (sulfide) groups is 1. The van der Waals surface area contributed by atoms with Gasteiger partial charge in [-0.15, -0.1) is 0 Å². The van der Waals surface area contributed by atoms with Crippen LogP contribution in [0.4, 0.5) is 4.79 Å². The van der Waals surface area contributed by atoms with Crippen molar-refractivity contribution in [2.45, 2.75) is 19.8 Å². The Labute approximate surface area is 164 Å². The van der Waals surface area contributed by atoms with E-state index in [1.165, 1.54) is 0 Å². The number of amides is 2. The fraction of sp³-hybridized carbons (Fsp3) is 0.158. The number of hydrogen-bond acceptors (Lipinski definition) is 5. The molecule has 0 bridgehead atoms. The second-order valence-corrected chi connectivity index (χ2v) is 7.59. The zero-order chi connectivity index (χ0) is 19.0. The van der Waals surface area contributed by atoms with Gasteiger partial charge in [0.05, 0.1) is 16.6 Å². The standard InChI is InChI=1S/C19H15ClN4O2S/c1-10-15(20)6-5-13-14(11-8-21-22-9-11)7-12(23-17(10)13)3-2-4-16-18(25)24-19(26)27-16/h4-9H,2-3H2,1H3,(H,21,22)(H,24,25,26)/b16-4+. The average Bonchev–Trinajstić information content (AvgIpc) is 3.28. The minimum Gasteiger partial charge on any atom is -0.285 e. The molecule has 8 heteroatoms. The number of fused-ring (bicyclic) bond motifs is 1. The second kappa shape index (κ2) is 7.17. The summed E-state index contributed by atoms with van der Waals surface area (Å²) in [7, 11) is 0. The zero-order valence-corrected chi connectivity index (χ0v) is 15.9. The Morgan fingerprint density at radius 2 is 2.15 bits per heavy atom. The maximum atomic E-state index is 11.6. The summed E-state index contributed by atoms with van der Waals surface area (Å²) in [6.07, 6.45) is 6.63. The number of nitrogens with one attached hydrogen (secondary N) is 2. The van der Waals surface area contributed by atoms with Crippen LogP contribution in [-0.4, -0.2) is 26.3 Å². The molecule has 3 heterocycles. The van der Waals surface area contributed by atoms with Gasteiger partial charge in [-0.2, -0.15) is 5.10 Å². The molecule has 0 saturated carbocycles. The fourth-order valence-corrected chi connectivity index (χ4v) is 3.87. The number of carbonyl (C=O) groups excluding carboxylic acids is 2. The number of allylic oxidation sites excluding steroid dienone is 1. The van der Waals surface area contributed by atoms with Crippen LogP contribution in [0.2, 0.25) is 5.02 Å². The van der Waals surface area contributed by atoms with Crippen molar-refractivity contribution >= 4 is 45.4 Å². The summed E-state index contributed by atoms with van der Waals surface area (Å²) in [5, 5.41) is 10.5. The highest BCUT2D eigenvalue weighted by Crippen LogP contribution is 2.33. The summed E-state index contributed by atoms with van der Waals surface area (Å²) in [6, 6.07) is 5.88. The smallest absolute Gasteiger partial charge is 0.285 e. The van der Waals surface area contributed by atoms with E-state index < -0.39 is 0 Å². The minimum absolute atomic E-state index is 0.331. The highest BCUT2D eigenvalue weighted by Gasteiger charge is 2.24. The lowest BCUT2D eigenvalue weighted by Gasteiger charge is -2.11. The van der Waals surface area contributed by atoms with Crippen LogP contribution in [0.25, 0.3) is 22.0 Å². The molecular weight excluding hydrogens is 384 g/mol. The van der Waals surface area contributed by atoms with Crippen LogP contribution in [0.1, 0.15) is 17.7 Å². The first-order valence-corrected chi connectivity index (χ1v) is 9.53. The van der Waals surface area contributed by atoms with Gasteiger partial charge in [-0.25, -0.2) is 0 Å². The van der Waals surface area contributed by atoms with Crippen molar-refractivity contribution in [2.75, 3.05) is 0 Å². The number of hydrogen-bond donors (Lipinski definition) is 2. The Hall–Kier alpha value is -2.64. The van der Waals surface area contributed by atoms with Crippen LogP contribution in [0.15, 0.2) is 41.6 Å². The van der Waals surface area contributed by atoms with Gasteiger partial charge in [0.25, 0.3) is 11.1 Å². The third-order valence-electron chi connectivity index (χ3n) is 4.40. The van der Waals surface area contributed by atoms with E-state index in [4.69, 9.17) is 16.6 Å². The van der Waals surface area contributed by atoms with E-state index in [0.29, 0.717) is 22.8 Å². The number of pyridine rings is 1. The third-order valence-corrected chi connectivity index (χ3v) is 5.67. The lowest BCUT2D eigenvalue weighted by atomic mass is 9.99. The minimum atomic E-state index is -0.335. The maximum absolute atomic E-state index is 11.6. The van der Waals surface area contributed by atoms with Gasteiger partial charge in [0.2, 0.25) is 0 Å². The zero-order valence-electron chi connectivity index (χ0n) is 14.4. The van der Waals surface area contributed by atoms with E-state index in [2.05, 4.69) is 15.5 Å². The molecule has 0 radical (unpaired) electrons.